The third-order valence-electron chi connectivity index (χ3n) is 1.86. The molecule has 80 valence electrons. The highest BCUT2D eigenvalue weighted by molar-refractivity contribution is 5.49. The van der Waals surface area contributed by atoms with Gasteiger partial charge in [0.25, 0.3) is 0 Å². The molecule has 0 radical (unpaired) electrons. The molecular weight excluding hydrogens is 190 g/mol. The van der Waals surface area contributed by atoms with Gasteiger partial charge in [-0.25, -0.2) is 9.97 Å². The van der Waals surface area contributed by atoms with Gasteiger partial charge in [0.1, 0.15) is 17.5 Å². The van der Waals surface area contributed by atoms with Crippen molar-refractivity contribution in [1.29, 1.82) is 5.26 Å². The Bertz CT molecular complexity index is 355. The Morgan fingerprint density at radius 3 is 2.80 bits per heavy atom. The van der Waals surface area contributed by atoms with Gasteiger partial charge in [-0.1, -0.05) is 13.3 Å². The lowest BCUT2D eigenvalue weighted by molar-refractivity contribution is 0.829. The molecule has 0 amide bonds. The molecule has 0 aliphatic rings. The Balaban J connectivity index is 2.67. The van der Waals surface area contributed by atoms with Crippen LogP contribution in [-0.2, 0) is 0 Å². The van der Waals surface area contributed by atoms with E-state index < -0.39 is 0 Å². The predicted octanol–water partition coefficient (Wildman–Crippen LogP) is 1.89. The first-order chi connectivity index (χ1) is 7.26. The van der Waals surface area contributed by atoms with Crippen molar-refractivity contribution < 1.29 is 0 Å². The van der Waals surface area contributed by atoms with Crippen LogP contribution in [0.25, 0.3) is 0 Å². The molecule has 5 heteroatoms. The first kappa shape index (κ1) is 11.2. The van der Waals surface area contributed by atoms with E-state index in [4.69, 9.17) is 5.26 Å². The maximum atomic E-state index is 8.47. The molecule has 0 aliphatic heterocycles. The van der Waals surface area contributed by atoms with Gasteiger partial charge < -0.3 is 5.32 Å². The SMILES string of the molecule is CCCCNc1cc(NC#N)nc(C)n1. The molecule has 1 rings (SSSR count). The lowest BCUT2D eigenvalue weighted by Crippen LogP contribution is -2.05. The summed E-state index contributed by atoms with van der Waals surface area (Å²) in [5.74, 6) is 1.94. The van der Waals surface area contributed by atoms with E-state index in [1.54, 1.807) is 13.0 Å². The van der Waals surface area contributed by atoms with Crippen molar-refractivity contribution in [1.82, 2.24) is 9.97 Å². The molecular formula is C10H15N5. The predicted molar refractivity (Wildman–Crippen MR) is 59.4 cm³/mol. The van der Waals surface area contributed by atoms with Crippen molar-refractivity contribution in [2.24, 2.45) is 0 Å². The largest absolute Gasteiger partial charge is 0.370 e. The van der Waals surface area contributed by atoms with Crippen LogP contribution in [0.1, 0.15) is 25.6 Å². The number of rotatable bonds is 5. The molecule has 1 heterocycles. The quantitative estimate of drug-likeness (QED) is 0.436. The fourth-order valence-corrected chi connectivity index (χ4v) is 1.17. The molecule has 0 saturated carbocycles. The Morgan fingerprint density at radius 1 is 1.40 bits per heavy atom. The van der Waals surface area contributed by atoms with Gasteiger partial charge in [-0.2, -0.15) is 5.26 Å². The number of hydrogen-bond acceptors (Lipinski definition) is 5. The minimum atomic E-state index is 0.531. The highest BCUT2D eigenvalue weighted by Crippen LogP contribution is 2.10. The third kappa shape index (κ3) is 3.81. The van der Waals surface area contributed by atoms with Crippen molar-refractivity contribution in [3.05, 3.63) is 11.9 Å². The van der Waals surface area contributed by atoms with Crippen LogP contribution in [0.3, 0.4) is 0 Å². The van der Waals surface area contributed by atoms with Gasteiger partial charge in [-0.3, -0.25) is 5.32 Å². The number of nitrogens with zero attached hydrogens (tertiary/aromatic N) is 3. The van der Waals surface area contributed by atoms with E-state index in [-0.39, 0.29) is 0 Å². The normalized spacial score (nSPS) is 9.40. The average molecular weight is 205 g/mol. The first-order valence-corrected chi connectivity index (χ1v) is 5.01. The molecule has 0 aliphatic carbocycles. The summed E-state index contributed by atoms with van der Waals surface area (Å²) in [6.07, 6.45) is 4.08. The van der Waals surface area contributed by atoms with Crippen molar-refractivity contribution in [3.63, 3.8) is 0 Å². The highest BCUT2D eigenvalue weighted by Gasteiger charge is 2.00. The van der Waals surface area contributed by atoms with Crippen LogP contribution in [0.15, 0.2) is 6.07 Å². The number of aryl methyl sites for hydroxylation is 1. The molecule has 0 aromatic carbocycles. The summed E-state index contributed by atoms with van der Waals surface area (Å²) in [6, 6.07) is 1.73. The monoisotopic (exact) mass is 205 g/mol. The molecule has 1 aromatic heterocycles. The number of hydrogen-bond donors (Lipinski definition) is 2. The van der Waals surface area contributed by atoms with Crippen LogP contribution >= 0.6 is 0 Å². The van der Waals surface area contributed by atoms with Crippen LogP contribution in [0.4, 0.5) is 11.6 Å². The molecule has 1 aromatic rings. The van der Waals surface area contributed by atoms with Crippen LogP contribution in [0, 0.1) is 18.4 Å². The minimum Gasteiger partial charge on any atom is -0.370 e. The van der Waals surface area contributed by atoms with E-state index in [0.29, 0.717) is 11.6 Å². The smallest absolute Gasteiger partial charge is 0.182 e. The Kier molecular flexibility index (Phi) is 4.35. The number of aromatic nitrogens is 2. The number of nitrogens with one attached hydrogen (secondary N) is 2. The fourth-order valence-electron chi connectivity index (χ4n) is 1.17. The summed E-state index contributed by atoms with van der Waals surface area (Å²) < 4.78 is 0. The van der Waals surface area contributed by atoms with Crippen LogP contribution in [0.2, 0.25) is 0 Å². The molecule has 0 bridgehead atoms. The van der Waals surface area contributed by atoms with E-state index in [0.717, 1.165) is 25.2 Å². The summed E-state index contributed by atoms with van der Waals surface area (Å²) >= 11 is 0. The summed E-state index contributed by atoms with van der Waals surface area (Å²) in [5, 5.41) is 14.2. The maximum Gasteiger partial charge on any atom is 0.182 e. The minimum absolute atomic E-state index is 0.531. The van der Waals surface area contributed by atoms with Crippen molar-refractivity contribution >= 4 is 11.6 Å². The maximum absolute atomic E-state index is 8.47. The zero-order valence-corrected chi connectivity index (χ0v) is 9.04. The van der Waals surface area contributed by atoms with E-state index in [1.807, 2.05) is 6.19 Å². The molecule has 15 heavy (non-hydrogen) atoms. The third-order valence-corrected chi connectivity index (χ3v) is 1.86. The summed E-state index contributed by atoms with van der Waals surface area (Å²) in [6.45, 7) is 4.82. The standard InChI is InChI=1S/C10H15N5/c1-3-4-5-12-9-6-10(13-7-11)15-8(2)14-9/h6H,3-5H2,1-2H3,(H2,12,13,14,15). The van der Waals surface area contributed by atoms with E-state index >= 15 is 0 Å². The van der Waals surface area contributed by atoms with Gasteiger partial charge >= 0.3 is 0 Å². The van der Waals surface area contributed by atoms with Gasteiger partial charge in [0.15, 0.2) is 6.19 Å². The molecule has 0 saturated heterocycles. The Labute approximate surface area is 89.6 Å². The zero-order chi connectivity index (χ0) is 11.1. The van der Waals surface area contributed by atoms with E-state index in [2.05, 4.69) is 27.5 Å². The van der Waals surface area contributed by atoms with E-state index in [9.17, 15) is 0 Å². The average Bonchev–Trinajstić information content (AvgIpc) is 2.18. The molecule has 0 fully saturated rings. The number of unbranched alkanes of at least 4 members (excludes halogenated alkanes) is 1. The number of nitriles is 1. The van der Waals surface area contributed by atoms with Crippen molar-refractivity contribution in [2.45, 2.75) is 26.7 Å². The van der Waals surface area contributed by atoms with Crippen LogP contribution in [0.5, 0.6) is 0 Å². The lowest BCUT2D eigenvalue weighted by Gasteiger charge is -2.06. The van der Waals surface area contributed by atoms with Gasteiger partial charge in [-0.05, 0) is 13.3 Å². The fraction of sp³-hybridized carbons (Fsp3) is 0.500. The zero-order valence-electron chi connectivity index (χ0n) is 9.04. The summed E-state index contributed by atoms with van der Waals surface area (Å²) in [5.41, 5.74) is 0. The summed E-state index contributed by atoms with van der Waals surface area (Å²) in [7, 11) is 0. The highest BCUT2D eigenvalue weighted by atomic mass is 15.1. The summed E-state index contributed by atoms with van der Waals surface area (Å²) in [4.78, 5) is 8.28. The topological polar surface area (TPSA) is 73.6 Å². The second kappa shape index (κ2) is 5.81. The Hall–Kier alpha value is -1.83. The molecule has 0 atom stereocenters. The lowest BCUT2D eigenvalue weighted by atomic mass is 10.3. The molecule has 5 nitrogen and oxygen atoms in total. The first-order valence-electron chi connectivity index (χ1n) is 5.01. The van der Waals surface area contributed by atoms with Gasteiger partial charge in [0, 0.05) is 12.6 Å². The molecule has 0 spiro atoms. The van der Waals surface area contributed by atoms with Crippen molar-refractivity contribution in [2.75, 3.05) is 17.2 Å². The van der Waals surface area contributed by atoms with Crippen molar-refractivity contribution in [3.8, 4) is 6.19 Å². The van der Waals surface area contributed by atoms with Gasteiger partial charge in [-0.15, -0.1) is 0 Å². The van der Waals surface area contributed by atoms with Crippen LogP contribution < -0.4 is 10.6 Å². The number of anilines is 2. The van der Waals surface area contributed by atoms with Crippen LogP contribution in [-0.4, -0.2) is 16.5 Å². The molecule has 2 N–H and O–H groups in total. The molecule has 0 unspecified atom stereocenters. The van der Waals surface area contributed by atoms with Gasteiger partial charge in [0.2, 0.25) is 0 Å². The second-order valence-electron chi connectivity index (χ2n) is 3.20. The van der Waals surface area contributed by atoms with Gasteiger partial charge in [0.05, 0.1) is 0 Å². The van der Waals surface area contributed by atoms with E-state index in [1.165, 1.54) is 0 Å². The second-order valence-corrected chi connectivity index (χ2v) is 3.20. The Morgan fingerprint density at radius 2 is 2.13 bits per heavy atom.